The molecule has 4 aromatic rings. The molecule has 13 heteroatoms. The molecule has 0 unspecified atom stereocenters. The van der Waals surface area contributed by atoms with Crippen LogP contribution in [0.15, 0.2) is 52.3 Å². The molecule has 0 saturated carbocycles. The Morgan fingerprint density at radius 1 is 1.02 bits per heavy atom. The van der Waals surface area contributed by atoms with Gasteiger partial charge in [0.15, 0.2) is 5.69 Å². The van der Waals surface area contributed by atoms with E-state index in [1.807, 2.05) is 13.8 Å². The van der Waals surface area contributed by atoms with E-state index in [1.54, 1.807) is 43.4 Å². The summed E-state index contributed by atoms with van der Waals surface area (Å²) in [5, 5.41) is 17.1. The predicted molar refractivity (Wildman–Crippen MR) is 159 cm³/mol. The van der Waals surface area contributed by atoms with Crippen LogP contribution in [-0.4, -0.2) is 76.3 Å². The Kier molecular flexibility index (Phi) is 8.62. The van der Waals surface area contributed by atoms with Gasteiger partial charge in [-0.1, -0.05) is 36.6 Å². The first-order valence-electron chi connectivity index (χ1n) is 14.4. The highest BCUT2D eigenvalue weighted by atomic mass is 32.2. The van der Waals surface area contributed by atoms with E-state index in [0.717, 1.165) is 19.4 Å². The highest BCUT2D eigenvalue weighted by Gasteiger charge is 2.31. The van der Waals surface area contributed by atoms with Crippen molar-refractivity contribution in [3.8, 4) is 23.0 Å². The van der Waals surface area contributed by atoms with Gasteiger partial charge in [0, 0.05) is 45.7 Å². The number of nitrogens with zero attached hydrogens (tertiary/aromatic N) is 7. The Morgan fingerprint density at radius 2 is 1.79 bits per heavy atom. The predicted octanol–water partition coefficient (Wildman–Crippen LogP) is 2.49. The van der Waals surface area contributed by atoms with Crippen molar-refractivity contribution in [3.63, 3.8) is 0 Å². The highest BCUT2D eigenvalue weighted by molar-refractivity contribution is 7.89. The Morgan fingerprint density at radius 3 is 2.45 bits per heavy atom. The topological polar surface area (TPSA) is 130 Å². The standard InChI is InChI=1S/C29H37N7O5S/c1-5-10-23-26-27(31-36(23)25-11-8-9-14-35(25)38)29(37)32(4)28(30-26)22-20-21(12-13-24(22)41-19-6-2)42(39,40)34-17-15-33(7-3)16-18-34/h8-9,11-14,20H,5-7,10,15-19H2,1-4H3. The lowest BCUT2D eigenvalue weighted by atomic mass is 10.1. The van der Waals surface area contributed by atoms with Crippen LogP contribution in [0.3, 0.4) is 0 Å². The van der Waals surface area contributed by atoms with Crippen molar-refractivity contribution in [2.75, 3.05) is 39.3 Å². The number of ether oxygens (including phenoxy) is 1. The fraction of sp³-hybridized carbons (Fsp3) is 0.448. The summed E-state index contributed by atoms with van der Waals surface area (Å²) >= 11 is 0. The number of benzene rings is 1. The summed E-state index contributed by atoms with van der Waals surface area (Å²) < 4.78 is 38.5. The van der Waals surface area contributed by atoms with Crippen molar-refractivity contribution in [2.45, 2.75) is 44.9 Å². The molecule has 0 N–H and O–H groups in total. The highest BCUT2D eigenvalue weighted by Crippen LogP contribution is 2.33. The van der Waals surface area contributed by atoms with Gasteiger partial charge in [0.05, 0.1) is 23.3 Å². The molecule has 1 aliphatic rings. The van der Waals surface area contributed by atoms with Gasteiger partial charge in [-0.3, -0.25) is 9.36 Å². The smallest absolute Gasteiger partial charge is 0.310 e. The van der Waals surface area contributed by atoms with E-state index in [0.29, 0.717) is 66.5 Å². The first kappa shape index (κ1) is 29.7. The van der Waals surface area contributed by atoms with E-state index in [1.165, 1.54) is 19.8 Å². The lowest BCUT2D eigenvalue weighted by Gasteiger charge is -2.33. The third-order valence-electron chi connectivity index (χ3n) is 7.57. The van der Waals surface area contributed by atoms with Crippen LogP contribution in [0.25, 0.3) is 28.2 Å². The van der Waals surface area contributed by atoms with Crippen LogP contribution in [0.1, 0.15) is 39.3 Å². The number of rotatable bonds is 10. The molecule has 42 heavy (non-hydrogen) atoms. The van der Waals surface area contributed by atoms with Gasteiger partial charge >= 0.3 is 5.82 Å². The van der Waals surface area contributed by atoms with E-state index in [2.05, 4.69) is 16.9 Å². The van der Waals surface area contributed by atoms with Crippen molar-refractivity contribution < 1.29 is 17.9 Å². The average molecular weight is 596 g/mol. The van der Waals surface area contributed by atoms with Crippen LogP contribution in [0.2, 0.25) is 0 Å². The molecule has 1 aliphatic heterocycles. The second-order valence-corrected chi connectivity index (χ2v) is 12.3. The summed E-state index contributed by atoms with van der Waals surface area (Å²) in [7, 11) is -2.22. The van der Waals surface area contributed by atoms with Crippen molar-refractivity contribution in [1.29, 1.82) is 0 Å². The molecular weight excluding hydrogens is 558 g/mol. The number of likely N-dealkylation sites (N-methyl/N-ethyl adjacent to an activating group) is 1. The Balaban J connectivity index is 1.69. The van der Waals surface area contributed by atoms with Gasteiger partial charge in [-0.25, -0.2) is 18.1 Å². The minimum absolute atomic E-state index is 0.113. The molecule has 0 atom stereocenters. The second-order valence-electron chi connectivity index (χ2n) is 10.3. The zero-order chi connectivity index (χ0) is 30.0. The number of aromatic nitrogens is 5. The zero-order valence-corrected chi connectivity index (χ0v) is 25.3. The molecule has 0 radical (unpaired) electrons. The lowest BCUT2D eigenvalue weighted by molar-refractivity contribution is -0.600. The summed E-state index contributed by atoms with van der Waals surface area (Å²) in [6.07, 6.45) is 3.36. The molecule has 1 saturated heterocycles. The zero-order valence-electron chi connectivity index (χ0n) is 24.5. The number of hydrogen-bond acceptors (Lipinski definition) is 8. The first-order chi connectivity index (χ1) is 20.2. The van der Waals surface area contributed by atoms with Crippen molar-refractivity contribution >= 4 is 21.1 Å². The van der Waals surface area contributed by atoms with E-state index in [9.17, 15) is 18.4 Å². The quantitative estimate of drug-likeness (QED) is 0.202. The molecule has 1 aromatic carbocycles. The number of aryl methyl sites for hydroxylation is 1. The van der Waals surface area contributed by atoms with Gasteiger partial charge in [-0.15, -0.1) is 0 Å². The van der Waals surface area contributed by atoms with Crippen molar-refractivity contribution in [2.24, 2.45) is 7.05 Å². The number of sulfonamides is 1. The molecular formula is C29H37N7O5S. The van der Waals surface area contributed by atoms with Crippen LogP contribution < -0.4 is 15.0 Å². The van der Waals surface area contributed by atoms with Crippen LogP contribution in [-0.2, 0) is 23.5 Å². The van der Waals surface area contributed by atoms with Crippen LogP contribution in [0, 0.1) is 5.21 Å². The maximum Gasteiger partial charge on any atom is 0.310 e. The maximum absolute atomic E-state index is 13.7. The third-order valence-corrected chi connectivity index (χ3v) is 9.47. The minimum Gasteiger partial charge on any atom is -0.711 e. The molecule has 12 nitrogen and oxygen atoms in total. The van der Waals surface area contributed by atoms with Crippen LogP contribution in [0.4, 0.5) is 0 Å². The maximum atomic E-state index is 13.7. The van der Waals surface area contributed by atoms with Crippen LogP contribution in [0.5, 0.6) is 5.75 Å². The first-order valence-corrected chi connectivity index (χ1v) is 15.8. The molecule has 4 heterocycles. The van der Waals surface area contributed by atoms with Gasteiger partial charge < -0.3 is 14.8 Å². The van der Waals surface area contributed by atoms with Gasteiger partial charge in [0.1, 0.15) is 17.1 Å². The van der Waals surface area contributed by atoms with E-state index in [4.69, 9.17) is 9.72 Å². The Bertz CT molecular complexity index is 1760. The van der Waals surface area contributed by atoms with Crippen molar-refractivity contribution in [3.05, 3.63) is 63.9 Å². The average Bonchev–Trinajstić information content (AvgIpc) is 3.36. The molecule has 224 valence electrons. The second kappa shape index (κ2) is 12.2. The van der Waals surface area contributed by atoms with Gasteiger partial charge in [0.2, 0.25) is 15.5 Å². The molecule has 0 amide bonds. The largest absolute Gasteiger partial charge is 0.711 e. The SMILES string of the molecule is CCCOc1ccc(S(=O)(=O)N2CCN(CC)CC2)cc1-c1nc2c(CCC)n(-c3cccc[n+]3[O-])nc2c(=O)n1C. The van der Waals surface area contributed by atoms with Gasteiger partial charge in [-0.2, -0.15) is 4.31 Å². The summed E-state index contributed by atoms with van der Waals surface area (Å²) in [5.74, 6) is 0.940. The summed E-state index contributed by atoms with van der Waals surface area (Å²) in [5.41, 5.74) is 1.10. The number of fused-ring (bicyclic) bond motifs is 1. The fourth-order valence-electron chi connectivity index (χ4n) is 5.23. The molecule has 0 bridgehead atoms. The third kappa shape index (κ3) is 5.39. The number of pyridine rings is 1. The number of hydrogen-bond donors (Lipinski definition) is 0. The van der Waals surface area contributed by atoms with Gasteiger partial charge in [-0.05, 0) is 43.7 Å². The molecule has 1 fully saturated rings. The molecule has 3 aromatic heterocycles. The number of piperazine rings is 1. The van der Waals surface area contributed by atoms with E-state index in [-0.39, 0.29) is 22.1 Å². The summed E-state index contributed by atoms with van der Waals surface area (Å²) in [6.45, 7) is 9.46. The Labute approximate surface area is 245 Å². The molecule has 0 spiro atoms. The molecule has 0 aliphatic carbocycles. The summed E-state index contributed by atoms with van der Waals surface area (Å²) in [6, 6.07) is 9.72. The summed E-state index contributed by atoms with van der Waals surface area (Å²) in [4.78, 5) is 20.9. The van der Waals surface area contributed by atoms with E-state index >= 15 is 0 Å². The minimum atomic E-state index is -3.80. The normalized spacial score (nSPS) is 15.0. The van der Waals surface area contributed by atoms with Crippen LogP contribution >= 0.6 is 0 Å². The lowest BCUT2D eigenvalue weighted by Crippen LogP contribution is -2.48. The van der Waals surface area contributed by atoms with Gasteiger partial charge in [0.25, 0.3) is 5.56 Å². The van der Waals surface area contributed by atoms with E-state index < -0.39 is 15.6 Å². The Hall–Kier alpha value is -3.81. The fourth-order valence-corrected chi connectivity index (χ4v) is 6.68. The molecule has 5 rings (SSSR count). The monoisotopic (exact) mass is 595 g/mol. The van der Waals surface area contributed by atoms with Crippen molar-refractivity contribution in [1.82, 2.24) is 28.5 Å².